The molecule has 1 fully saturated rings. The molecule has 1 saturated heterocycles. The monoisotopic (exact) mass is 504 g/mol. The SMILES string of the molecule is C=C(NCCN(C)C)c1ccc2oc([C@]3(CN4Cc5ccc(OC)cc5C4=O)NC(=O)NC3=O)cc2n1. The number of hydrogen-bond donors (Lipinski definition) is 3. The minimum Gasteiger partial charge on any atom is -0.497 e. The van der Waals surface area contributed by atoms with Crippen LogP contribution in [-0.4, -0.2) is 73.5 Å². The fourth-order valence-electron chi connectivity index (χ4n) is 4.56. The summed E-state index contributed by atoms with van der Waals surface area (Å²) in [6, 6.07) is 9.74. The highest BCUT2D eigenvalue weighted by molar-refractivity contribution is 6.08. The topological polar surface area (TPSA) is 129 Å². The lowest BCUT2D eigenvalue weighted by atomic mass is 9.95. The van der Waals surface area contributed by atoms with E-state index in [1.165, 1.54) is 12.0 Å². The van der Waals surface area contributed by atoms with Gasteiger partial charge in [-0.1, -0.05) is 12.6 Å². The molecule has 11 heteroatoms. The van der Waals surface area contributed by atoms with Crippen molar-refractivity contribution in [2.45, 2.75) is 12.1 Å². The molecule has 11 nitrogen and oxygen atoms in total. The van der Waals surface area contributed by atoms with E-state index in [0.717, 1.165) is 12.1 Å². The summed E-state index contributed by atoms with van der Waals surface area (Å²) in [5, 5.41) is 8.22. The van der Waals surface area contributed by atoms with Gasteiger partial charge in [-0.25, -0.2) is 9.78 Å². The van der Waals surface area contributed by atoms with Gasteiger partial charge in [0.2, 0.25) is 0 Å². The van der Waals surface area contributed by atoms with E-state index < -0.39 is 17.5 Å². The van der Waals surface area contributed by atoms with Crippen molar-refractivity contribution < 1.29 is 23.5 Å². The lowest BCUT2D eigenvalue weighted by Gasteiger charge is -2.28. The van der Waals surface area contributed by atoms with Crippen molar-refractivity contribution in [1.29, 1.82) is 0 Å². The number of pyridine rings is 1. The van der Waals surface area contributed by atoms with Crippen LogP contribution in [0, 0.1) is 0 Å². The summed E-state index contributed by atoms with van der Waals surface area (Å²) in [6.07, 6.45) is 0. The minimum atomic E-state index is -1.61. The molecule has 37 heavy (non-hydrogen) atoms. The maximum absolute atomic E-state index is 13.2. The molecule has 0 unspecified atom stereocenters. The van der Waals surface area contributed by atoms with Crippen molar-refractivity contribution in [3.63, 3.8) is 0 Å². The molecule has 0 saturated carbocycles. The second-order valence-electron chi connectivity index (χ2n) is 9.40. The summed E-state index contributed by atoms with van der Waals surface area (Å²) in [5.41, 5.74) is 1.92. The van der Waals surface area contributed by atoms with Gasteiger partial charge >= 0.3 is 6.03 Å². The number of fused-ring (bicyclic) bond motifs is 2. The third-order valence-electron chi connectivity index (χ3n) is 6.57. The quantitative estimate of drug-likeness (QED) is 0.375. The number of carbonyl (C=O) groups is 3. The standard InChI is InChI=1S/C26H28N6O5/c1-15(27-9-10-31(2)3)19-7-8-21-20(28-19)12-22(37-21)26(24(34)29-25(35)30-26)14-32-13-16-5-6-17(36-4)11-18(16)23(32)33/h5-8,11-12,27H,1,9-10,13-14H2,2-4H3,(H2,29,30,34,35)/t26-/m0/s1. The van der Waals surface area contributed by atoms with E-state index in [4.69, 9.17) is 9.15 Å². The van der Waals surface area contributed by atoms with Crippen LogP contribution in [0.25, 0.3) is 16.8 Å². The van der Waals surface area contributed by atoms with E-state index in [9.17, 15) is 14.4 Å². The molecule has 3 aromatic rings. The van der Waals surface area contributed by atoms with Gasteiger partial charge in [0, 0.05) is 31.3 Å². The minimum absolute atomic E-state index is 0.119. The van der Waals surface area contributed by atoms with Gasteiger partial charge in [-0.3, -0.25) is 14.9 Å². The first-order chi connectivity index (χ1) is 17.7. The van der Waals surface area contributed by atoms with Gasteiger partial charge < -0.3 is 29.6 Å². The van der Waals surface area contributed by atoms with E-state index >= 15 is 0 Å². The lowest BCUT2D eigenvalue weighted by molar-refractivity contribution is -0.125. The average Bonchev–Trinajstić information content (AvgIpc) is 3.52. The highest BCUT2D eigenvalue weighted by Crippen LogP contribution is 2.34. The van der Waals surface area contributed by atoms with Crippen LogP contribution in [0.15, 0.2) is 47.4 Å². The number of nitrogens with zero attached hydrogens (tertiary/aromatic N) is 3. The van der Waals surface area contributed by atoms with Crippen LogP contribution in [0.1, 0.15) is 27.4 Å². The van der Waals surface area contributed by atoms with Crippen molar-refractivity contribution >= 4 is 34.6 Å². The zero-order valence-electron chi connectivity index (χ0n) is 20.9. The largest absolute Gasteiger partial charge is 0.497 e. The number of aromatic nitrogens is 1. The van der Waals surface area contributed by atoms with Crippen molar-refractivity contribution in [1.82, 2.24) is 30.7 Å². The first-order valence-electron chi connectivity index (χ1n) is 11.8. The normalized spacial score (nSPS) is 18.8. The molecule has 0 radical (unpaired) electrons. The first kappa shape index (κ1) is 24.3. The fraction of sp³-hybridized carbons (Fsp3) is 0.308. The fourth-order valence-corrected chi connectivity index (χ4v) is 4.56. The Morgan fingerprint density at radius 1 is 1.24 bits per heavy atom. The summed E-state index contributed by atoms with van der Waals surface area (Å²) in [7, 11) is 5.50. The van der Waals surface area contributed by atoms with E-state index in [2.05, 4.69) is 32.4 Å². The number of nitrogens with one attached hydrogen (secondary N) is 3. The number of methoxy groups -OCH3 is 1. The number of likely N-dealkylation sites (N-methyl/N-ethyl adjacent to an activating group) is 1. The third-order valence-corrected chi connectivity index (χ3v) is 6.57. The highest BCUT2D eigenvalue weighted by atomic mass is 16.5. The molecule has 0 spiro atoms. The van der Waals surface area contributed by atoms with Gasteiger partial charge in [-0.05, 0) is 43.9 Å². The Balaban J connectivity index is 1.44. The smallest absolute Gasteiger partial charge is 0.322 e. The van der Waals surface area contributed by atoms with Crippen LogP contribution < -0.4 is 20.7 Å². The molecule has 0 bridgehead atoms. The van der Waals surface area contributed by atoms with E-state index in [1.807, 2.05) is 20.2 Å². The van der Waals surface area contributed by atoms with E-state index in [-0.39, 0.29) is 24.8 Å². The number of benzene rings is 1. The molecule has 3 N–H and O–H groups in total. The van der Waals surface area contributed by atoms with Crippen molar-refractivity contribution in [3.8, 4) is 5.75 Å². The molecule has 192 valence electrons. The maximum atomic E-state index is 13.2. The molecular formula is C26H28N6O5. The summed E-state index contributed by atoms with van der Waals surface area (Å²) >= 11 is 0. The Labute approximate surface area is 213 Å². The van der Waals surface area contributed by atoms with Gasteiger partial charge in [0.15, 0.2) is 11.1 Å². The first-order valence-corrected chi connectivity index (χ1v) is 11.8. The molecule has 1 aromatic carbocycles. The molecule has 4 heterocycles. The van der Waals surface area contributed by atoms with Crippen molar-refractivity contribution in [3.05, 3.63) is 65.6 Å². The second kappa shape index (κ2) is 9.25. The maximum Gasteiger partial charge on any atom is 0.322 e. The van der Waals surface area contributed by atoms with Crippen LogP contribution in [0.2, 0.25) is 0 Å². The van der Waals surface area contributed by atoms with Gasteiger partial charge in [-0.2, -0.15) is 0 Å². The lowest BCUT2D eigenvalue weighted by Crippen LogP contribution is -2.52. The Hall–Kier alpha value is -4.38. The summed E-state index contributed by atoms with van der Waals surface area (Å²) in [5.74, 6) is -0.123. The van der Waals surface area contributed by atoms with Gasteiger partial charge in [0.1, 0.15) is 17.0 Å². The van der Waals surface area contributed by atoms with Crippen LogP contribution >= 0.6 is 0 Å². The van der Waals surface area contributed by atoms with Gasteiger partial charge in [0.05, 0.1) is 25.0 Å². The zero-order chi connectivity index (χ0) is 26.3. The Morgan fingerprint density at radius 2 is 2.05 bits per heavy atom. The van der Waals surface area contributed by atoms with E-state index in [1.54, 1.807) is 30.3 Å². The Bertz CT molecular complexity index is 1430. The molecule has 2 aliphatic heterocycles. The van der Waals surface area contributed by atoms with Crippen LogP contribution in [0.4, 0.5) is 4.79 Å². The number of hydrogen-bond acceptors (Lipinski definition) is 8. The molecular weight excluding hydrogens is 476 g/mol. The number of imide groups is 1. The van der Waals surface area contributed by atoms with Crippen molar-refractivity contribution in [2.75, 3.05) is 40.8 Å². The van der Waals surface area contributed by atoms with E-state index in [0.29, 0.717) is 40.3 Å². The zero-order valence-corrected chi connectivity index (χ0v) is 20.9. The molecule has 1 atom stereocenters. The number of carbonyl (C=O) groups excluding carboxylic acids is 3. The highest BCUT2D eigenvalue weighted by Gasteiger charge is 2.53. The predicted molar refractivity (Wildman–Crippen MR) is 136 cm³/mol. The number of urea groups is 1. The number of rotatable bonds is 9. The molecule has 0 aliphatic carbocycles. The summed E-state index contributed by atoms with van der Waals surface area (Å²) in [4.78, 5) is 46.8. The summed E-state index contributed by atoms with van der Waals surface area (Å²) < 4.78 is 11.3. The van der Waals surface area contributed by atoms with Crippen LogP contribution in [0.5, 0.6) is 5.75 Å². The van der Waals surface area contributed by atoms with Gasteiger partial charge in [0.25, 0.3) is 11.8 Å². The Kier molecular flexibility index (Phi) is 6.08. The molecule has 5 rings (SSSR count). The second-order valence-corrected chi connectivity index (χ2v) is 9.40. The average molecular weight is 505 g/mol. The number of furan rings is 1. The molecule has 2 aliphatic rings. The van der Waals surface area contributed by atoms with Gasteiger partial charge in [-0.15, -0.1) is 0 Å². The summed E-state index contributed by atoms with van der Waals surface area (Å²) in [6.45, 7) is 5.76. The predicted octanol–water partition coefficient (Wildman–Crippen LogP) is 1.65. The number of amides is 4. The number of ether oxygens (including phenoxy) is 1. The van der Waals surface area contributed by atoms with Crippen molar-refractivity contribution in [2.24, 2.45) is 0 Å². The third kappa shape index (κ3) is 4.38. The molecule has 2 aromatic heterocycles. The van der Waals surface area contributed by atoms with Crippen LogP contribution in [0.3, 0.4) is 0 Å². The molecule has 4 amide bonds. The van der Waals surface area contributed by atoms with Crippen LogP contribution in [-0.2, 0) is 16.9 Å². The Morgan fingerprint density at radius 3 is 2.76 bits per heavy atom.